The van der Waals surface area contributed by atoms with Crippen molar-refractivity contribution in [3.05, 3.63) is 53.1 Å². The van der Waals surface area contributed by atoms with E-state index in [2.05, 4.69) is 10.3 Å². The summed E-state index contributed by atoms with van der Waals surface area (Å²) in [7, 11) is 3.12. The van der Waals surface area contributed by atoms with Crippen LogP contribution in [0.4, 0.5) is 5.69 Å². The molecule has 0 saturated carbocycles. The molecule has 1 atom stereocenters. The van der Waals surface area contributed by atoms with Gasteiger partial charge in [-0.2, -0.15) is 0 Å². The molecule has 0 spiro atoms. The highest BCUT2D eigenvalue weighted by Gasteiger charge is 2.08. The van der Waals surface area contributed by atoms with Gasteiger partial charge < -0.3 is 25.6 Å². The molecule has 128 valence electrons. The van der Waals surface area contributed by atoms with Crippen LogP contribution in [0.15, 0.2) is 47.5 Å². The van der Waals surface area contributed by atoms with Crippen molar-refractivity contribution in [3.8, 4) is 11.5 Å². The number of benzene rings is 2. The number of anilines is 1. The lowest BCUT2D eigenvalue weighted by molar-refractivity contribution is 0.187. The van der Waals surface area contributed by atoms with Crippen molar-refractivity contribution < 1.29 is 14.6 Å². The van der Waals surface area contributed by atoms with Crippen molar-refractivity contribution in [1.29, 1.82) is 0 Å². The van der Waals surface area contributed by atoms with Crippen LogP contribution in [-0.2, 0) is 0 Å². The Labute approximate surface area is 145 Å². The minimum absolute atomic E-state index is 0.121. The molecule has 2 rings (SSSR count). The highest BCUT2D eigenvalue weighted by atomic mass is 35.5. The van der Waals surface area contributed by atoms with E-state index in [4.69, 9.17) is 26.8 Å². The maximum atomic E-state index is 10.2. The summed E-state index contributed by atoms with van der Waals surface area (Å²) in [5.41, 5.74) is 7.22. The second kappa shape index (κ2) is 8.42. The number of methoxy groups -OCH3 is 2. The number of rotatable bonds is 6. The van der Waals surface area contributed by atoms with E-state index in [-0.39, 0.29) is 12.5 Å². The van der Waals surface area contributed by atoms with E-state index in [9.17, 15) is 5.11 Å². The van der Waals surface area contributed by atoms with Crippen LogP contribution < -0.4 is 20.5 Å². The van der Waals surface area contributed by atoms with Crippen LogP contribution in [0.1, 0.15) is 11.7 Å². The van der Waals surface area contributed by atoms with Crippen molar-refractivity contribution in [2.75, 3.05) is 26.1 Å². The summed E-state index contributed by atoms with van der Waals surface area (Å²) in [4.78, 5) is 4.14. The van der Waals surface area contributed by atoms with Crippen LogP contribution in [0.2, 0.25) is 5.02 Å². The smallest absolute Gasteiger partial charge is 0.193 e. The van der Waals surface area contributed by atoms with E-state index in [1.54, 1.807) is 44.6 Å². The fraction of sp³-hybridized carbons (Fsp3) is 0.235. The molecule has 0 fully saturated rings. The quantitative estimate of drug-likeness (QED) is 0.551. The monoisotopic (exact) mass is 349 g/mol. The van der Waals surface area contributed by atoms with Crippen molar-refractivity contribution in [3.63, 3.8) is 0 Å². The summed E-state index contributed by atoms with van der Waals surface area (Å²) in [6.45, 7) is 0.121. The fourth-order valence-electron chi connectivity index (χ4n) is 2.07. The molecule has 7 heteroatoms. The van der Waals surface area contributed by atoms with Crippen molar-refractivity contribution in [2.24, 2.45) is 10.7 Å². The minimum Gasteiger partial charge on any atom is -0.497 e. The van der Waals surface area contributed by atoms with Gasteiger partial charge in [0.15, 0.2) is 5.96 Å². The first-order chi connectivity index (χ1) is 11.5. The molecule has 0 heterocycles. The van der Waals surface area contributed by atoms with Gasteiger partial charge in [-0.25, -0.2) is 0 Å². The molecule has 4 N–H and O–H groups in total. The van der Waals surface area contributed by atoms with Gasteiger partial charge >= 0.3 is 0 Å². The third kappa shape index (κ3) is 4.78. The molecule has 0 amide bonds. The predicted octanol–water partition coefficient (Wildman–Crippen LogP) is 2.82. The first kappa shape index (κ1) is 17.9. The lowest BCUT2D eigenvalue weighted by Gasteiger charge is -2.11. The van der Waals surface area contributed by atoms with Gasteiger partial charge in [0.2, 0.25) is 0 Å². The normalized spacial score (nSPS) is 12.6. The van der Waals surface area contributed by atoms with Crippen LogP contribution in [0.25, 0.3) is 0 Å². The molecule has 2 aromatic carbocycles. The van der Waals surface area contributed by atoms with Crippen molar-refractivity contribution in [2.45, 2.75) is 6.10 Å². The Bertz CT molecular complexity index is 722. The maximum absolute atomic E-state index is 10.2. The molecule has 2 aromatic rings. The molecule has 0 aliphatic rings. The molecule has 6 nitrogen and oxygen atoms in total. The third-order valence-corrected chi connectivity index (χ3v) is 3.63. The van der Waals surface area contributed by atoms with Gasteiger partial charge in [0.25, 0.3) is 0 Å². The minimum atomic E-state index is -0.778. The first-order valence-corrected chi connectivity index (χ1v) is 7.63. The molecular formula is C17H20ClN3O3. The summed E-state index contributed by atoms with van der Waals surface area (Å²) >= 11 is 6.05. The number of nitrogens with zero attached hydrogens (tertiary/aromatic N) is 1. The molecule has 0 saturated heterocycles. The van der Waals surface area contributed by atoms with Crippen LogP contribution in [-0.4, -0.2) is 31.8 Å². The molecule has 0 aromatic heterocycles. The fourth-order valence-corrected chi connectivity index (χ4v) is 2.33. The highest BCUT2D eigenvalue weighted by Crippen LogP contribution is 2.27. The van der Waals surface area contributed by atoms with E-state index >= 15 is 0 Å². The van der Waals surface area contributed by atoms with Gasteiger partial charge in [-0.1, -0.05) is 23.7 Å². The van der Waals surface area contributed by atoms with Gasteiger partial charge in [-0.15, -0.1) is 0 Å². The zero-order chi connectivity index (χ0) is 17.5. The standard InChI is InChI=1S/C17H20ClN3O3/c1-23-13-5-3-4-11(8-13)15(22)10-20-17(19)21-12-6-7-16(24-2)14(18)9-12/h3-9,15,22H,10H2,1-2H3,(H3,19,20,21). The summed E-state index contributed by atoms with van der Waals surface area (Å²) in [6.07, 6.45) is -0.778. The van der Waals surface area contributed by atoms with Gasteiger partial charge in [0.1, 0.15) is 11.5 Å². The topological polar surface area (TPSA) is 89.1 Å². The van der Waals surface area contributed by atoms with E-state index in [1.165, 1.54) is 0 Å². The summed E-state index contributed by atoms with van der Waals surface area (Å²) in [6, 6.07) is 12.4. The van der Waals surface area contributed by atoms with E-state index in [1.807, 2.05) is 12.1 Å². The lowest BCUT2D eigenvalue weighted by Crippen LogP contribution is -2.23. The number of ether oxygens (including phenoxy) is 2. The lowest BCUT2D eigenvalue weighted by atomic mass is 10.1. The number of aliphatic hydroxyl groups is 1. The highest BCUT2D eigenvalue weighted by molar-refractivity contribution is 6.32. The van der Waals surface area contributed by atoms with E-state index in [0.717, 1.165) is 0 Å². The number of halogens is 1. The SMILES string of the molecule is COc1cccc(C(O)CN=C(N)Nc2ccc(OC)c(Cl)c2)c1. The number of nitrogens with two attached hydrogens (primary N) is 1. The van der Waals surface area contributed by atoms with E-state index in [0.29, 0.717) is 27.8 Å². The van der Waals surface area contributed by atoms with Gasteiger partial charge in [-0.3, -0.25) is 4.99 Å². The van der Waals surface area contributed by atoms with E-state index < -0.39 is 6.10 Å². The second-order valence-corrected chi connectivity index (χ2v) is 5.40. The average Bonchev–Trinajstić information content (AvgIpc) is 2.60. The molecule has 0 aliphatic carbocycles. The Morgan fingerprint density at radius 1 is 1.25 bits per heavy atom. The Morgan fingerprint density at radius 3 is 2.71 bits per heavy atom. The summed E-state index contributed by atoms with van der Waals surface area (Å²) < 4.78 is 10.2. The van der Waals surface area contributed by atoms with Gasteiger partial charge in [0, 0.05) is 5.69 Å². The zero-order valence-corrected chi connectivity index (χ0v) is 14.2. The van der Waals surface area contributed by atoms with Gasteiger partial charge in [0.05, 0.1) is 31.9 Å². The number of hydrogen-bond donors (Lipinski definition) is 3. The van der Waals surface area contributed by atoms with Crippen molar-refractivity contribution >= 4 is 23.2 Å². The van der Waals surface area contributed by atoms with Crippen LogP contribution >= 0.6 is 11.6 Å². The zero-order valence-electron chi connectivity index (χ0n) is 13.5. The van der Waals surface area contributed by atoms with Crippen LogP contribution in [0.3, 0.4) is 0 Å². The first-order valence-electron chi connectivity index (χ1n) is 7.26. The molecular weight excluding hydrogens is 330 g/mol. The molecule has 0 radical (unpaired) electrons. The Hall–Kier alpha value is -2.44. The molecule has 24 heavy (non-hydrogen) atoms. The number of guanidine groups is 1. The summed E-state index contributed by atoms with van der Waals surface area (Å²) in [5.74, 6) is 1.43. The van der Waals surface area contributed by atoms with Crippen LogP contribution in [0, 0.1) is 0 Å². The Kier molecular flexibility index (Phi) is 6.28. The van der Waals surface area contributed by atoms with Crippen molar-refractivity contribution in [1.82, 2.24) is 0 Å². The number of nitrogens with one attached hydrogen (secondary N) is 1. The van der Waals surface area contributed by atoms with Gasteiger partial charge in [-0.05, 0) is 35.9 Å². The molecule has 1 unspecified atom stereocenters. The number of hydrogen-bond acceptors (Lipinski definition) is 4. The molecule has 0 aliphatic heterocycles. The second-order valence-electron chi connectivity index (χ2n) is 4.99. The molecule has 0 bridgehead atoms. The number of aliphatic imine (C=N–C) groups is 1. The Balaban J connectivity index is 1.99. The Morgan fingerprint density at radius 2 is 2.04 bits per heavy atom. The largest absolute Gasteiger partial charge is 0.497 e. The maximum Gasteiger partial charge on any atom is 0.193 e. The average molecular weight is 350 g/mol. The summed E-state index contributed by atoms with van der Waals surface area (Å²) in [5, 5.41) is 13.6. The predicted molar refractivity (Wildman–Crippen MR) is 96.1 cm³/mol. The third-order valence-electron chi connectivity index (χ3n) is 3.34. The number of aliphatic hydroxyl groups excluding tert-OH is 1. The van der Waals surface area contributed by atoms with Crippen LogP contribution in [0.5, 0.6) is 11.5 Å².